The fourth-order valence-corrected chi connectivity index (χ4v) is 6.35. The second-order valence-electron chi connectivity index (χ2n) is 8.91. The van der Waals surface area contributed by atoms with Crippen molar-refractivity contribution in [2.45, 2.75) is 68.3 Å². The molecule has 0 spiro atoms. The van der Waals surface area contributed by atoms with E-state index in [1.54, 1.807) is 6.20 Å². The second kappa shape index (κ2) is 8.13. The SMILES string of the molecule is CC1(C)SC2C(N=CN3CCC(CCCn4ccnc4N)CC3)C(=O)N2[C@H]1C(=O)O. The number of β-lactam (4-membered cyclic amide) rings is 1. The molecule has 3 atom stereocenters. The number of rotatable bonds is 7. The molecule has 9 nitrogen and oxygen atoms in total. The lowest BCUT2D eigenvalue weighted by Crippen LogP contribution is -2.65. The summed E-state index contributed by atoms with van der Waals surface area (Å²) in [6.07, 6.45) is 9.94. The Balaban J connectivity index is 1.22. The predicted octanol–water partition coefficient (Wildman–Crippen LogP) is 1.50. The summed E-state index contributed by atoms with van der Waals surface area (Å²) in [5.41, 5.74) is 5.80. The van der Waals surface area contributed by atoms with Crippen LogP contribution in [-0.4, -0.2) is 78.0 Å². The molecule has 164 valence electrons. The number of amides is 1. The summed E-state index contributed by atoms with van der Waals surface area (Å²) in [7, 11) is 0. The first-order valence-corrected chi connectivity index (χ1v) is 11.4. The zero-order chi connectivity index (χ0) is 21.5. The number of hydrogen-bond acceptors (Lipinski definition) is 6. The zero-order valence-corrected chi connectivity index (χ0v) is 18.3. The van der Waals surface area contributed by atoms with E-state index in [1.807, 2.05) is 30.9 Å². The average molecular weight is 435 g/mol. The lowest BCUT2D eigenvalue weighted by molar-refractivity contribution is -0.158. The van der Waals surface area contributed by atoms with Gasteiger partial charge in [-0.3, -0.25) is 9.79 Å². The molecule has 3 aliphatic rings. The van der Waals surface area contributed by atoms with Gasteiger partial charge < -0.3 is 25.2 Å². The van der Waals surface area contributed by atoms with Crippen LogP contribution < -0.4 is 5.73 Å². The van der Waals surface area contributed by atoms with Gasteiger partial charge in [0, 0.05) is 36.8 Å². The van der Waals surface area contributed by atoms with Gasteiger partial charge in [0.1, 0.15) is 11.4 Å². The highest BCUT2D eigenvalue weighted by Gasteiger charge is 2.63. The van der Waals surface area contributed by atoms with Crippen LogP contribution in [0.1, 0.15) is 39.5 Å². The molecule has 3 aliphatic heterocycles. The Morgan fingerprint density at radius 1 is 1.43 bits per heavy atom. The standard InChI is InChI=1S/C20H30N6O3S/c1-20(2)15(18(28)29)26-16(27)14(17(26)30-20)23-12-24-9-5-13(6-10-24)4-3-8-25-11-7-22-19(25)21/h7,11-15,17H,3-6,8-10H2,1-2H3,(H2,21,22)(H,28,29)/t14?,15-,17?/m0/s1. The van der Waals surface area contributed by atoms with E-state index in [1.165, 1.54) is 23.1 Å². The maximum atomic E-state index is 12.5. The van der Waals surface area contributed by atoms with Gasteiger partial charge in [-0.1, -0.05) is 0 Å². The fraction of sp³-hybridized carbons (Fsp3) is 0.700. The van der Waals surface area contributed by atoms with Crippen LogP contribution in [0, 0.1) is 5.92 Å². The number of imidazole rings is 1. The first-order valence-electron chi connectivity index (χ1n) is 10.5. The number of nitrogens with two attached hydrogens (primary N) is 1. The zero-order valence-electron chi connectivity index (χ0n) is 17.5. The molecule has 1 aromatic heterocycles. The third-order valence-electron chi connectivity index (χ3n) is 6.45. The van der Waals surface area contributed by atoms with Crippen molar-refractivity contribution in [3.8, 4) is 0 Å². The number of carbonyl (C=O) groups is 2. The number of aliphatic carboxylic acids is 1. The van der Waals surface area contributed by atoms with Crippen LogP contribution in [-0.2, 0) is 16.1 Å². The lowest BCUT2D eigenvalue weighted by atomic mass is 9.92. The summed E-state index contributed by atoms with van der Waals surface area (Å²) in [5.74, 6) is 0.158. The van der Waals surface area contributed by atoms with E-state index >= 15 is 0 Å². The first-order chi connectivity index (χ1) is 14.3. The largest absolute Gasteiger partial charge is 0.480 e. The Morgan fingerprint density at radius 3 is 2.80 bits per heavy atom. The van der Waals surface area contributed by atoms with Gasteiger partial charge in [-0.05, 0) is 45.4 Å². The van der Waals surface area contributed by atoms with Crippen molar-refractivity contribution in [1.82, 2.24) is 19.4 Å². The molecule has 0 radical (unpaired) electrons. The van der Waals surface area contributed by atoms with Crippen molar-refractivity contribution in [2.75, 3.05) is 18.8 Å². The number of aliphatic imine (C=N–C) groups is 1. The number of hydrogen-bond donors (Lipinski definition) is 2. The third kappa shape index (κ3) is 3.89. The van der Waals surface area contributed by atoms with Gasteiger partial charge in [0.05, 0.1) is 6.34 Å². The number of piperidine rings is 1. The molecule has 2 unspecified atom stereocenters. The Kier molecular flexibility index (Phi) is 5.69. The van der Waals surface area contributed by atoms with Crippen LogP contribution in [0.2, 0.25) is 0 Å². The molecular formula is C20H30N6O3S. The number of carboxylic acid groups (broad SMARTS) is 1. The number of carbonyl (C=O) groups excluding carboxylic acids is 1. The summed E-state index contributed by atoms with van der Waals surface area (Å²) in [6.45, 7) is 6.55. The molecule has 30 heavy (non-hydrogen) atoms. The number of thioether (sulfide) groups is 1. The quantitative estimate of drug-likeness (QED) is 0.379. The molecule has 0 aliphatic carbocycles. The first kappa shape index (κ1) is 21.0. The maximum Gasteiger partial charge on any atom is 0.327 e. The molecular weight excluding hydrogens is 404 g/mol. The van der Waals surface area contributed by atoms with E-state index in [-0.39, 0.29) is 11.3 Å². The van der Waals surface area contributed by atoms with Gasteiger partial charge >= 0.3 is 5.97 Å². The number of nitrogen functional groups attached to an aromatic ring is 1. The number of aryl methyl sites for hydroxylation is 1. The number of aromatic nitrogens is 2. The Bertz CT molecular complexity index is 832. The molecule has 3 N–H and O–H groups in total. The topological polar surface area (TPSA) is 117 Å². The second-order valence-corrected chi connectivity index (χ2v) is 10.7. The lowest BCUT2D eigenvalue weighted by Gasteiger charge is -2.41. The minimum Gasteiger partial charge on any atom is -0.480 e. The van der Waals surface area contributed by atoms with Crippen molar-refractivity contribution in [3.63, 3.8) is 0 Å². The van der Waals surface area contributed by atoms with Crippen molar-refractivity contribution >= 4 is 35.9 Å². The molecule has 1 aromatic rings. The van der Waals surface area contributed by atoms with E-state index in [4.69, 9.17) is 5.73 Å². The smallest absolute Gasteiger partial charge is 0.327 e. The number of likely N-dealkylation sites (tertiary alicyclic amines) is 1. The highest BCUT2D eigenvalue weighted by molar-refractivity contribution is 8.01. The van der Waals surface area contributed by atoms with Gasteiger partial charge in [0.15, 0.2) is 12.0 Å². The average Bonchev–Trinajstić information content (AvgIpc) is 3.21. The summed E-state index contributed by atoms with van der Waals surface area (Å²) in [5, 5.41) is 9.33. The molecule has 0 bridgehead atoms. The van der Waals surface area contributed by atoms with E-state index in [0.29, 0.717) is 11.9 Å². The predicted molar refractivity (Wildman–Crippen MR) is 116 cm³/mol. The van der Waals surface area contributed by atoms with Gasteiger partial charge in [-0.25, -0.2) is 9.78 Å². The highest BCUT2D eigenvalue weighted by Crippen LogP contribution is 2.51. The van der Waals surface area contributed by atoms with Crippen LogP contribution in [0.4, 0.5) is 5.95 Å². The number of nitrogens with zero attached hydrogens (tertiary/aromatic N) is 5. The molecule has 3 saturated heterocycles. The number of carboxylic acids is 1. The molecule has 4 heterocycles. The van der Waals surface area contributed by atoms with E-state index in [9.17, 15) is 14.7 Å². The normalized spacial score (nSPS) is 28.7. The van der Waals surface area contributed by atoms with Crippen LogP contribution >= 0.6 is 11.8 Å². The minimum atomic E-state index is -0.941. The maximum absolute atomic E-state index is 12.5. The molecule has 1 amide bonds. The van der Waals surface area contributed by atoms with Gasteiger partial charge in [-0.15, -0.1) is 11.8 Å². The molecule has 4 rings (SSSR count). The molecule has 10 heteroatoms. The van der Waals surface area contributed by atoms with Gasteiger partial charge in [0.2, 0.25) is 0 Å². The highest BCUT2D eigenvalue weighted by atomic mass is 32.2. The number of anilines is 1. The Hall–Kier alpha value is -2.23. The van der Waals surface area contributed by atoms with E-state index < -0.39 is 22.8 Å². The Labute approximate surface area is 180 Å². The van der Waals surface area contributed by atoms with Crippen LogP contribution in [0.3, 0.4) is 0 Å². The molecule has 0 saturated carbocycles. The summed E-state index contributed by atoms with van der Waals surface area (Å²) in [4.78, 5) is 36.4. The van der Waals surface area contributed by atoms with Crippen molar-refractivity contribution in [2.24, 2.45) is 10.9 Å². The van der Waals surface area contributed by atoms with Crippen LogP contribution in [0.5, 0.6) is 0 Å². The van der Waals surface area contributed by atoms with Crippen LogP contribution in [0.15, 0.2) is 17.4 Å². The van der Waals surface area contributed by atoms with E-state index in [2.05, 4.69) is 14.9 Å². The van der Waals surface area contributed by atoms with Gasteiger partial charge in [0.25, 0.3) is 5.91 Å². The van der Waals surface area contributed by atoms with Gasteiger partial charge in [-0.2, -0.15) is 0 Å². The monoisotopic (exact) mass is 434 g/mol. The summed E-state index contributed by atoms with van der Waals surface area (Å²) < 4.78 is 1.48. The van der Waals surface area contributed by atoms with Crippen LogP contribution in [0.25, 0.3) is 0 Å². The number of fused-ring (bicyclic) bond motifs is 1. The summed E-state index contributed by atoms with van der Waals surface area (Å²) in [6, 6.07) is -1.24. The van der Waals surface area contributed by atoms with Crippen molar-refractivity contribution in [1.29, 1.82) is 0 Å². The van der Waals surface area contributed by atoms with E-state index in [0.717, 1.165) is 38.9 Å². The Morgan fingerprint density at radius 2 is 2.17 bits per heavy atom. The fourth-order valence-electron chi connectivity index (χ4n) is 4.73. The minimum absolute atomic E-state index is 0.169. The summed E-state index contributed by atoms with van der Waals surface area (Å²) >= 11 is 1.54. The van der Waals surface area contributed by atoms with Crippen molar-refractivity contribution in [3.05, 3.63) is 12.4 Å². The molecule has 0 aromatic carbocycles. The van der Waals surface area contributed by atoms with Crippen molar-refractivity contribution < 1.29 is 14.7 Å². The third-order valence-corrected chi connectivity index (χ3v) is 8.00. The molecule has 3 fully saturated rings.